The van der Waals surface area contributed by atoms with Crippen LogP contribution in [0.5, 0.6) is 0 Å². The fourth-order valence-electron chi connectivity index (χ4n) is 0.598. The van der Waals surface area contributed by atoms with Crippen LogP contribution in [0.15, 0.2) is 35.2 Å². The molecule has 0 aromatic heterocycles. The molecule has 1 nitrogen and oxygen atoms in total. The Kier molecular flexibility index (Phi) is 3.69. The summed E-state index contributed by atoms with van der Waals surface area (Å²) in [7, 11) is 0. The molecule has 0 unspecified atom stereocenters. The summed E-state index contributed by atoms with van der Waals surface area (Å²) in [6.45, 7) is 0. The molecule has 1 aromatic carbocycles. The molecule has 0 N–H and O–H groups in total. The average molecular weight is 205 g/mol. The molecule has 1 rings (SSSR count). The number of hydrogen-bond donors (Lipinski definition) is 0. The van der Waals surface area contributed by atoms with Crippen molar-refractivity contribution in [3.8, 4) is 0 Å². The molecule has 0 aliphatic rings. The lowest BCUT2D eigenvalue weighted by atomic mass is 10.4. The molecule has 0 spiro atoms. The van der Waals surface area contributed by atoms with E-state index in [1.807, 2.05) is 30.3 Å². The molecule has 1 aromatic rings. The molecule has 4 heteroatoms. The van der Waals surface area contributed by atoms with E-state index in [0.29, 0.717) is 14.9 Å². The molecule has 0 aliphatic heterocycles. The first kappa shape index (κ1) is 8.84. The van der Waals surface area contributed by atoms with Crippen molar-refractivity contribution in [1.82, 2.24) is 0 Å². The fraction of sp³-hybridized carbons (Fsp3) is 0. The van der Waals surface area contributed by atoms with Gasteiger partial charge in [-0.3, -0.25) is 0 Å². The molecule has 0 saturated carbocycles. The lowest BCUT2D eigenvalue weighted by molar-refractivity contribution is 0.701. The van der Waals surface area contributed by atoms with E-state index in [1.54, 1.807) is 0 Å². The first-order valence-corrected chi connectivity index (χ1v) is 4.81. The Balaban J connectivity index is 2.73. The van der Waals surface area contributed by atoms with Crippen LogP contribution in [0.2, 0.25) is 0 Å². The first-order valence-electron chi connectivity index (χ1n) is 2.88. The fourth-order valence-corrected chi connectivity index (χ4v) is 1.77. The van der Waals surface area contributed by atoms with Crippen molar-refractivity contribution in [1.29, 1.82) is 0 Å². The lowest BCUT2D eigenvalue weighted by Gasteiger charge is -1.93. The second-order valence-corrected chi connectivity index (χ2v) is 4.48. The van der Waals surface area contributed by atoms with E-state index >= 15 is 0 Å². The summed E-state index contributed by atoms with van der Waals surface area (Å²) >= 11 is 7.12. The Hall–Kier alpha value is -0.250. The molecule has 0 bridgehead atoms. The summed E-state index contributed by atoms with van der Waals surface area (Å²) in [5.74, 6) is 0. The minimum absolute atomic E-state index is 0.302. The smallest absolute Gasteiger partial charge is 0.171 e. The monoisotopic (exact) mass is 204 g/mol. The van der Waals surface area contributed by atoms with Crippen molar-refractivity contribution in [2.75, 3.05) is 0 Å². The van der Waals surface area contributed by atoms with E-state index in [1.165, 1.54) is 11.8 Å². The molecule has 0 heterocycles. The Labute approximate surface area is 77.8 Å². The van der Waals surface area contributed by atoms with Crippen molar-refractivity contribution in [3.63, 3.8) is 0 Å². The van der Waals surface area contributed by atoms with Gasteiger partial charge in [0.15, 0.2) is 3.66 Å². The van der Waals surface area contributed by atoms with Gasteiger partial charge in [0.1, 0.15) is 11.3 Å². The lowest BCUT2D eigenvalue weighted by Crippen LogP contribution is -1.76. The van der Waals surface area contributed by atoms with Crippen LogP contribution in [0.3, 0.4) is 0 Å². The van der Waals surface area contributed by atoms with E-state index in [-0.39, 0.29) is 0 Å². The molecular formula is C7H5ClOS2. The molecule has 0 saturated heterocycles. The maximum absolute atomic E-state index is 10.2. The normalized spacial score (nSPS) is 9.18. The highest BCUT2D eigenvalue weighted by Crippen LogP contribution is 2.19. The average Bonchev–Trinajstić information content (AvgIpc) is 2.06. The molecule has 0 fully saturated rings. The van der Waals surface area contributed by atoms with E-state index in [9.17, 15) is 4.21 Å². The Morgan fingerprint density at radius 3 is 2.45 bits per heavy atom. The van der Waals surface area contributed by atoms with Crippen molar-refractivity contribution < 1.29 is 4.21 Å². The second-order valence-electron chi connectivity index (χ2n) is 1.74. The van der Waals surface area contributed by atoms with E-state index in [4.69, 9.17) is 11.6 Å². The van der Waals surface area contributed by atoms with Gasteiger partial charge in [-0.25, -0.2) is 4.21 Å². The molecule has 0 radical (unpaired) electrons. The quantitative estimate of drug-likeness (QED) is 0.397. The van der Waals surface area contributed by atoms with E-state index < -0.39 is 0 Å². The molecule has 0 amide bonds. The molecule has 0 atom stereocenters. The van der Waals surface area contributed by atoms with Gasteiger partial charge in [-0.05, 0) is 12.1 Å². The Morgan fingerprint density at radius 1 is 1.27 bits per heavy atom. The summed E-state index contributed by atoms with van der Waals surface area (Å²) < 4.78 is 10.5. The third kappa shape index (κ3) is 3.10. The zero-order valence-corrected chi connectivity index (χ0v) is 7.88. The van der Waals surface area contributed by atoms with Crippen LogP contribution >= 0.6 is 23.4 Å². The zero-order valence-electron chi connectivity index (χ0n) is 5.49. The standard InChI is InChI=1S/C7H5ClOS2/c8-7(11-9)10-6-4-2-1-3-5-6/h1-5H. The minimum atomic E-state index is 0.302. The topological polar surface area (TPSA) is 17.1 Å². The predicted octanol–water partition coefficient (Wildman–Crippen LogP) is 2.32. The van der Waals surface area contributed by atoms with Gasteiger partial charge in [-0.1, -0.05) is 41.6 Å². The summed E-state index contributed by atoms with van der Waals surface area (Å²) in [5, 5.41) is 0. The van der Waals surface area contributed by atoms with Crippen LogP contribution in [-0.4, -0.2) is 7.86 Å². The van der Waals surface area contributed by atoms with Gasteiger partial charge in [0.2, 0.25) is 0 Å². The van der Waals surface area contributed by atoms with Gasteiger partial charge in [0, 0.05) is 4.90 Å². The summed E-state index contributed by atoms with van der Waals surface area (Å²) in [6.07, 6.45) is 0. The van der Waals surface area contributed by atoms with Crippen LogP contribution in [0, 0.1) is 0 Å². The van der Waals surface area contributed by atoms with E-state index in [0.717, 1.165) is 4.90 Å². The number of benzene rings is 1. The van der Waals surface area contributed by atoms with Crippen LogP contribution in [0.25, 0.3) is 0 Å². The number of hydrogen-bond acceptors (Lipinski definition) is 2. The highest BCUT2D eigenvalue weighted by molar-refractivity contribution is 8.24. The summed E-state index contributed by atoms with van der Waals surface area (Å²) in [5.41, 5.74) is 0. The van der Waals surface area contributed by atoms with Crippen LogP contribution in [0.1, 0.15) is 0 Å². The van der Waals surface area contributed by atoms with Crippen LogP contribution in [-0.2, 0) is 11.3 Å². The van der Waals surface area contributed by atoms with Gasteiger partial charge >= 0.3 is 0 Å². The first-order chi connectivity index (χ1) is 5.33. The Morgan fingerprint density at radius 2 is 1.91 bits per heavy atom. The maximum atomic E-state index is 10.2. The van der Waals surface area contributed by atoms with Crippen molar-refractivity contribution in [3.05, 3.63) is 30.3 Å². The Bertz CT molecular complexity index is 280. The largest absolute Gasteiger partial charge is 0.210 e. The third-order valence-electron chi connectivity index (χ3n) is 1.01. The summed E-state index contributed by atoms with van der Waals surface area (Å²) in [6, 6.07) is 9.54. The summed E-state index contributed by atoms with van der Waals surface area (Å²) in [4.78, 5) is 0.987. The van der Waals surface area contributed by atoms with Gasteiger partial charge in [-0.15, -0.1) is 0 Å². The second kappa shape index (κ2) is 4.59. The molecule has 11 heavy (non-hydrogen) atoms. The molecule has 58 valence electrons. The van der Waals surface area contributed by atoms with Gasteiger partial charge < -0.3 is 0 Å². The highest BCUT2D eigenvalue weighted by Gasteiger charge is 1.95. The SMILES string of the molecule is O=S=C(Cl)Sc1ccccc1. The minimum Gasteiger partial charge on any atom is -0.210 e. The zero-order chi connectivity index (χ0) is 8.10. The number of halogens is 1. The van der Waals surface area contributed by atoms with Crippen molar-refractivity contribution >= 4 is 38.3 Å². The predicted molar refractivity (Wildman–Crippen MR) is 51.3 cm³/mol. The molecular weight excluding hydrogens is 200 g/mol. The highest BCUT2D eigenvalue weighted by atomic mass is 35.5. The van der Waals surface area contributed by atoms with Crippen molar-refractivity contribution in [2.45, 2.75) is 4.90 Å². The number of thioether (sulfide) groups is 1. The van der Waals surface area contributed by atoms with Gasteiger partial charge in [0.05, 0.1) is 0 Å². The van der Waals surface area contributed by atoms with Gasteiger partial charge in [-0.2, -0.15) is 0 Å². The van der Waals surface area contributed by atoms with E-state index in [2.05, 4.69) is 0 Å². The number of rotatable bonds is 1. The van der Waals surface area contributed by atoms with Crippen LogP contribution < -0.4 is 0 Å². The third-order valence-corrected chi connectivity index (χ3v) is 2.68. The van der Waals surface area contributed by atoms with Crippen LogP contribution in [0.4, 0.5) is 0 Å². The van der Waals surface area contributed by atoms with Crippen molar-refractivity contribution in [2.24, 2.45) is 0 Å². The van der Waals surface area contributed by atoms with Gasteiger partial charge in [0.25, 0.3) is 0 Å². The molecule has 0 aliphatic carbocycles. The maximum Gasteiger partial charge on any atom is 0.171 e.